The summed E-state index contributed by atoms with van der Waals surface area (Å²) >= 11 is 7.41. The first-order valence-corrected chi connectivity index (χ1v) is 9.65. The highest BCUT2D eigenvalue weighted by Gasteiger charge is 2.35. The average Bonchev–Trinajstić information content (AvgIpc) is 2.50. The largest absolute Gasteiger partial charge is 0.325 e. The lowest BCUT2D eigenvalue weighted by Gasteiger charge is -2.32. The van der Waals surface area contributed by atoms with E-state index >= 15 is 0 Å². The fraction of sp³-hybridized carbons (Fsp3) is 0.579. The molecule has 1 aliphatic rings. The maximum atomic E-state index is 12.8. The molecule has 1 amide bonds. The number of carbonyl (C=O) groups is 2. The molecule has 0 aromatic heterocycles. The Bertz CT molecular complexity index is 631. The standard InChI is InChI=1S/C19H26ClNO2S/c1-18(2,3)17(23)24-15-13(20)9-8-10-14(15)21-16(22)19(4)11-6-5-7-12-19/h8-10H,5-7,11-12H2,1-4H3,(H,21,22). The number of rotatable bonds is 3. The fourth-order valence-corrected chi connectivity index (χ4v) is 3.97. The lowest BCUT2D eigenvalue weighted by atomic mass is 9.75. The molecule has 1 N–H and O–H groups in total. The van der Waals surface area contributed by atoms with Gasteiger partial charge in [0.05, 0.1) is 15.6 Å². The van der Waals surface area contributed by atoms with Crippen molar-refractivity contribution in [1.29, 1.82) is 0 Å². The van der Waals surface area contributed by atoms with E-state index in [-0.39, 0.29) is 16.4 Å². The summed E-state index contributed by atoms with van der Waals surface area (Å²) in [4.78, 5) is 25.8. The quantitative estimate of drug-likeness (QED) is 0.675. The van der Waals surface area contributed by atoms with E-state index in [1.807, 2.05) is 33.8 Å². The van der Waals surface area contributed by atoms with Crippen molar-refractivity contribution in [1.82, 2.24) is 0 Å². The van der Waals surface area contributed by atoms with Crippen LogP contribution in [0.4, 0.5) is 5.69 Å². The maximum Gasteiger partial charge on any atom is 0.230 e. The third-order valence-corrected chi connectivity index (χ3v) is 6.40. The van der Waals surface area contributed by atoms with Gasteiger partial charge in [-0.2, -0.15) is 0 Å². The molecule has 2 rings (SSSR count). The van der Waals surface area contributed by atoms with Crippen LogP contribution in [0.3, 0.4) is 0 Å². The lowest BCUT2D eigenvalue weighted by molar-refractivity contribution is -0.126. The molecule has 1 aliphatic carbocycles. The van der Waals surface area contributed by atoms with Crippen molar-refractivity contribution in [2.24, 2.45) is 10.8 Å². The molecule has 5 heteroatoms. The normalized spacial score (nSPS) is 17.4. The van der Waals surface area contributed by atoms with Gasteiger partial charge in [-0.05, 0) is 36.7 Å². The zero-order valence-corrected chi connectivity index (χ0v) is 16.4. The van der Waals surface area contributed by atoms with E-state index in [0.717, 1.165) is 37.4 Å². The number of carbonyl (C=O) groups excluding carboxylic acids is 2. The number of hydrogen-bond acceptors (Lipinski definition) is 3. The molecule has 3 nitrogen and oxygen atoms in total. The van der Waals surface area contributed by atoms with E-state index in [1.54, 1.807) is 12.1 Å². The monoisotopic (exact) mass is 367 g/mol. The molecular formula is C19H26ClNO2S. The second kappa shape index (κ2) is 7.49. The number of anilines is 1. The molecule has 132 valence electrons. The first-order valence-electron chi connectivity index (χ1n) is 8.46. The fourth-order valence-electron chi connectivity index (χ4n) is 2.79. The number of amides is 1. The summed E-state index contributed by atoms with van der Waals surface area (Å²) in [6.07, 6.45) is 5.18. The van der Waals surface area contributed by atoms with Gasteiger partial charge < -0.3 is 5.32 Å². The Hall–Kier alpha value is -1.00. The van der Waals surface area contributed by atoms with E-state index in [0.29, 0.717) is 15.6 Å². The van der Waals surface area contributed by atoms with E-state index in [1.165, 1.54) is 6.42 Å². The third-order valence-electron chi connectivity index (χ3n) is 4.53. The molecule has 0 spiro atoms. The second-order valence-corrected chi connectivity index (χ2v) is 9.22. The number of thioether (sulfide) groups is 1. The van der Waals surface area contributed by atoms with Gasteiger partial charge in [0.2, 0.25) is 5.91 Å². The Kier molecular flexibility index (Phi) is 6.03. The predicted molar refractivity (Wildman–Crippen MR) is 102 cm³/mol. The van der Waals surface area contributed by atoms with Gasteiger partial charge in [0, 0.05) is 10.8 Å². The SMILES string of the molecule is CC(C)(C)C(=O)Sc1c(Cl)cccc1NC(=O)C1(C)CCCCC1. The Morgan fingerprint density at radius 3 is 2.38 bits per heavy atom. The predicted octanol–water partition coefficient (Wildman–Crippen LogP) is 5.91. The van der Waals surface area contributed by atoms with Crippen LogP contribution in [-0.2, 0) is 9.59 Å². The Balaban J connectivity index is 2.23. The molecule has 0 aliphatic heterocycles. The minimum Gasteiger partial charge on any atom is -0.325 e. The van der Waals surface area contributed by atoms with Gasteiger partial charge in [-0.1, -0.05) is 64.6 Å². The number of benzene rings is 1. The van der Waals surface area contributed by atoms with Gasteiger partial charge in [-0.25, -0.2) is 0 Å². The van der Waals surface area contributed by atoms with Crippen molar-refractivity contribution < 1.29 is 9.59 Å². The van der Waals surface area contributed by atoms with E-state index < -0.39 is 5.41 Å². The lowest BCUT2D eigenvalue weighted by Crippen LogP contribution is -2.35. The molecule has 1 aromatic carbocycles. The van der Waals surface area contributed by atoms with Crippen molar-refractivity contribution >= 4 is 40.1 Å². The number of hydrogen-bond donors (Lipinski definition) is 1. The first kappa shape index (κ1) is 19.3. The highest BCUT2D eigenvalue weighted by molar-refractivity contribution is 8.14. The highest BCUT2D eigenvalue weighted by Crippen LogP contribution is 2.41. The smallest absolute Gasteiger partial charge is 0.230 e. The highest BCUT2D eigenvalue weighted by atomic mass is 35.5. The molecule has 0 radical (unpaired) electrons. The summed E-state index contributed by atoms with van der Waals surface area (Å²) in [5, 5.41) is 3.54. The molecule has 0 heterocycles. The molecule has 0 bridgehead atoms. The van der Waals surface area contributed by atoms with Gasteiger partial charge in [-0.15, -0.1) is 0 Å². The van der Waals surface area contributed by atoms with Gasteiger partial charge in [0.1, 0.15) is 0 Å². The Labute approximate surface area is 153 Å². The minimum atomic E-state index is -0.472. The molecule has 0 unspecified atom stereocenters. The van der Waals surface area contributed by atoms with Gasteiger partial charge in [-0.3, -0.25) is 9.59 Å². The van der Waals surface area contributed by atoms with Crippen LogP contribution in [0.15, 0.2) is 23.1 Å². The zero-order valence-electron chi connectivity index (χ0n) is 14.9. The summed E-state index contributed by atoms with van der Waals surface area (Å²) in [5.74, 6) is 0.0227. The molecular weight excluding hydrogens is 342 g/mol. The average molecular weight is 368 g/mol. The molecule has 1 saturated carbocycles. The van der Waals surface area contributed by atoms with E-state index in [9.17, 15) is 9.59 Å². The number of halogens is 1. The van der Waals surface area contributed by atoms with Gasteiger partial charge >= 0.3 is 0 Å². The van der Waals surface area contributed by atoms with Crippen molar-refractivity contribution in [3.05, 3.63) is 23.2 Å². The van der Waals surface area contributed by atoms with Crippen molar-refractivity contribution in [2.75, 3.05) is 5.32 Å². The van der Waals surface area contributed by atoms with Crippen LogP contribution >= 0.6 is 23.4 Å². The Morgan fingerprint density at radius 2 is 1.79 bits per heavy atom. The molecule has 0 atom stereocenters. The van der Waals surface area contributed by atoms with Crippen LogP contribution < -0.4 is 5.32 Å². The van der Waals surface area contributed by atoms with Crippen LogP contribution in [0.5, 0.6) is 0 Å². The van der Waals surface area contributed by atoms with Crippen molar-refractivity contribution in [3.63, 3.8) is 0 Å². The van der Waals surface area contributed by atoms with Crippen LogP contribution in [-0.4, -0.2) is 11.0 Å². The van der Waals surface area contributed by atoms with Crippen molar-refractivity contribution in [2.45, 2.75) is 64.7 Å². The van der Waals surface area contributed by atoms with E-state index in [2.05, 4.69) is 5.32 Å². The zero-order chi connectivity index (χ0) is 18.0. The van der Waals surface area contributed by atoms with Crippen LogP contribution in [0, 0.1) is 10.8 Å². The van der Waals surface area contributed by atoms with Gasteiger partial charge in [0.15, 0.2) is 5.12 Å². The molecule has 24 heavy (non-hydrogen) atoms. The minimum absolute atomic E-state index is 0.0227. The summed E-state index contributed by atoms with van der Waals surface area (Å²) in [7, 11) is 0. The molecule has 0 saturated heterocycles. The summed E-state index contributed by atoms with van der Waals surface area (Å²) in [5.41, 5.74) is -0.182. The summed E-state index contributed by atoms with van der Waals surface area (Å²) in [6, 6.07) is 5.36. The summed E-state index contributed by atoms with van der Waals surface area (Å²) in [6.45, 7) is 7.65. The molecule has 1 aromatic rings. The Morgan fingerprint density at radius 1 is 1.17 bits per heavy atom. The summed E-state index contributed by atoms with van der Waals surface area (Å²) < 4.78 is 0. The van der Waals surface area contributed by atoms with Crippen LogP contribution in [0.25, 0.3) is 0 Å². The topological polar surface area (TPSA) is 46.2 Å². The van der Waals surface area contributed by atoms with Crippen LogP contribution in [0.2, 0.25) is 5.02 Å². The molecule has 1 fully saturated rings. The van der Waals surface area contributed by atoms with Gasteiger partial charge in [0.25, 0.3) is 0 Å². The van der Waals surface area contributed by atoms with E-state index in [4.69, 9.17) is 11.6 Å². The third kappa shape index (κ3) is 4.54. The second-order valence-electron chi connectivity index (χ2n) is 7.83. The maximum absolute atomic E-state index is 12.8. The number of nitrogens with one attached hydrogen (secondary N) is 1. The van der Waals surface area contributed by atoms with Crippen LogP contribution in [0.1, 0.15) is 59.8 Å². The van der Waals surface area contributed by atoms with Crippen molar-refractivity contribution in [3.8, 4) is 0 Å². The first-order chi connectivity index (χ1) is 11.1.